The quantitative estimate of drug-likeness (QED) is 0.731. The minimum atomic E-state index is 0.0964. The second-order valence-electron chi connectivity index (χ2n) is 3.76. The molecule has 1 atom stereocenters. The van der Waals surface area contributed by atoms with Crippen LogP contribution in [-0.2, 0) is 0 Å². The predicted molar refractivity (Wildman–Crippen MR) is 64.7 cm³/mol. The van der Waals surface area contributed by atoms with Gasteiger partial charge >= 0.3 is 0 Å². The third kappa shape index (κ3) is 1.95. The van der Waals surface area contributed by atoms with E-state index in [-0.39, 0.29) is 6.04 Å². The van der Waals surface area contributed by atoms with Crippen molar-refractivity contribution in [3.8, 4) is 0 Å². The second kappa shape index (κ2) is 4.32. The molecule has 0 fully saturated rings. The summed E-state index contributed by atoms with van der Waals surface area (Å²) in [6.07, 6.45) is 5.83. The van der Waals surface area contributed by atoms with Gasteiger partial charge in [-0.2, -0.15) is 0 Å². The molecule has 1 aromatic heterocycles. The fourth-order valence-electron chi connectivity index (χ4n) is 1.85. The number of nitrogens with one attached hydrogen (secondary N) is 1. The number of aromatic nitrogens is 1. The maximum atomic E-state index is 6.12. The number of fused-ring (bicyclic) bond motifs is 1. The smallest absolute Gasteiger partial charge is 0.0457 e. The summed E-state index contributed by atoms with van der Waals surface area (Å²) in [7, 11) is 0. The molecule has 1 aromatic carbocycles. The molecule has 0 saturated heterocycles. The standard InChI is InChI=1S/C13H16N2/c1-2-3-7-12(14)11-9-15-13-8-5-4-6-10(11)13/h2,4-6,8-9,12,15H,1,3,7,14H2/t12-/m1/s1. The maximum Gasteiger partial charge on any atom is 0.0457 e. The van der Waals surface area contributed by atoms with Crippen molar-refractivity contribution in [2.75, 3.05) is 0 Å². The number of benzene rings is 1. The molecular weight excluding hydrogens is 184 g/mol. The van der Waals surface area contributed by atoms with Crippen LogP contribution in [0.4, 0.5) is 0 Å². The number of allylic oxidation sites excluding steroid dienone is 1. The van der Waals surface area contributed by atoms with Crippen LogP contribution in [0.2, 0.25) is 0 Å². The lowest BCUT2D eigenvalue weighted by Crippen LogP contribution is -2.08. The zero-order valence-electron chi connectivity index (χ0n) is 8.74. The normalized spacial score (nSPS) is 12.9. The Balaban J connectivity index is 2.30. The molecule has 0 saturated carbocycles. The lowest BCUT2D eigenvalue weighted by Gasteiger charge is -2.08. The highest BCUT2D eigenvalue weighted by Gasteiger charge is 2.09. The Morgan fingerprint density at radius 3 is 3.00 bits per heavy atom. The summed E-state index contributed by atoms with van der Waals surface area (Å²) in [6.45, 7) is 3.71. The number of hydrogen-bond donors (Lipinski definition) is 2. The number of nitrogens with two attached hydrogens (primary N) is 1. The molecule has 2 nitrogen and oxygen atoms in total. The van der Waals surface area contributed by atoms with Crippen LogP contribution < -0.4 is 5.73 Å². The lowest BCUT2D eigenvalue weighted by atomic mass is 10.0. The Hall–Kier alpha value is -1.54. The minimum Gasteiger partial charge on any atom is -0.361 e. The van der Waals surface area contributed by atoms with E-state index in [9.17, 15) is 0 Å². The summed E-state index contributed by atoms with van der Waals surface area (Å²) in [4.78, 5) is 3.24. The van der Waals surface area contributed by atoms with E-state index in [1.807, 2.05) is 24.4 Å². The zero-order valence-corrected chi connectivity index (χ0v) is 8.74. The SMILES string of the molecule is C=CCC[C@@H](N)c1c[nH]c2ccccc12. The van der Waals surface area contributed by atoms with Crippen molar-refractivity contribution in [2.45, 2.75) is 18.9 Å². The molecule has 3 N–H and O–H groups in total. The van der Waals surface area contributed by atoms with Crippen molar-refractivity contribution in [2.24, 2.45) is 5.73 Å². The van der Waals surface area contributed by atoms with Crippen LogP contribution in [0, 0.1) is 0 Å². The van der Waals surface area contributed by atoms with Gasteiger partial charge < -0.3 is 10.7 Å². The van der Waals surface area contributed by atoms with Crippen LogP contribution >= 0.6 is 0 Å². The molecule has 0 aliphatic rings. The van der Waals surface area contributed by atoms with Crippen LogP contribution in [0.15, 0.2) is 43.1 Å². The molecule has 78 valence electrons. The zero-order chi connectivity index (χ0) is 10.7. The van der Waals surface area contributed by atoms with Gasteiger partial charge in [0.1, 0.15) is 0 Å². The fraction of sp³-hybridized carbons (Fsp3) is 0.231. The number of para-hydroxylation sites is 1. The first-order valence-electron chi connectivity index (χ1n) is 5.25. The molecule has 0 spiro atoms. The Bertz CT molecular complexity index is 456. The predicted octanol–water partition coefficient (Wildman–Crippen LogP) is 3.13. The lowest BCUT2D eigenvalue weighted by molar-refractivity contribution is 0.666. The molecule has 0 radical (unpaired) electrons. The van der Waals surface area contributed by atoms with Gasteiger partial charge in [0.05, 0.1) is 0 Å². The van der Waals surface area contributed by atoms with Crippen molar-refractivity contribution >= 4 is 10.9 Å². The molecule has 2 heteroatoms. The summed E-state index contributed by atoms with van der Waals surface area (Å²) in [6, 6.07) is 8.34. The average Bonchev–Trinajstić information content (AvgIpc) is 2.69. The molecular formula is C13H16N2. The summed E-state index contributed by atoms with van der Waals surface area (Å²) in [5, 5.41) is 1.23. The number of aromatic amines is 1. The van der Waals surface area contributed by atoms with Crippen molar-refractivity contribution in [3.05, 3.63) is 48.7 Å². The Labute approximate surface area is 89.8 Å². The van der Waals surface area contributed by atoms with Crippen molar-refractivity contribution in [1.82, 2.24) is 4.98 Å². The molecule has 15 heavy (non-hydrogen) atoms. The van der Waals surface area contributed by atoms with E-state index in [0.29, 0.717) is 0 Å². The van der Waals surface area contributed by atoms with Gasteiger partial charge in [-0.25, -0.2) is 0 Å². The fourth-order valence-corrected chi connectivity index (χ4v) is 1.85. The molecule has 0 aliphatic carbocycles. The third-order valence-corrected chi connectivity index (χ3v) is 2.70. The van der Waals surface area contributed by atoms with Crippen LogP contribution in [0.25, 0.3) is 10.9 Å². The first-order valence-corrected chi connectivity index (χ1v) is 5.25. The summed E-state index contributed by atoms with van der Waals surface area (Å²) in [5.41, 5.74) is 8.48. The van der Waals surface area contributed by atoms with Crippen LogP contribution in [0.3, 0.4) is 0 Å². The van der Waals surface area contributed by atoms with E-state index >= 15 is 0 Å². The molecule has 0 aliphatic heterocycles. The summed E-state index contributed by atoms with van der Waals surface area (Å²) >= 11 is 0. The van der Waals surface area contributed by atoms with Gasteiger partial charge in [-0.1, -0.05) is 24.3 Å². The van der Waals surface area contributed by atoms with Crippen LogP contribution in [-0.4, -0.2) is 4.98 Å². The molecule has 0 bridgehead atoms. The first kappa shape index (κ1) is 9.99. The van der Waals surface area contributed by atoms with E-state index in [0.717, 1.165) is 18.4 Å². The maximum absolute atomic E-state index is 6.12. The van der Waals surface area contributed by atoms with E-state index in [1.165, 1.54) is 10.9 Å². The number of hydrogen-bond acceptors (Lipinski definition) is 1. The monoisotopic (exact) mass is 200 g/mol. The van der Waals surface area contributed by atoms with E-state index < -0.39 is 0 Å². The highest BCUT2D eigenvalue weighted by atomic mass is 14.7. The van der Waals surface area contributed by atoms with Gasteiger partial charge in [-0.15, -0.1) is 6.58 Å². The molecule has 1 heterocycles. The first-order chi connectivity index (χ1) is 7.33. The molecule has 2 rings (SSSR count). The number of rotatable bonds is 4. The summed E-state index contributed by atoms with van der Waals surface area (Å²) in [5.74, 6) is 0. The Kier molecular flexibility index (Phi) is 2.88. The van der Waals surface area contributed by atoms with Gasteiger partial charge in [0, 0.05) is 23.1 Å². The average molecular weight is 200 g/mol. The van der Waals surface area contributed by atoms with E-state index in [4.69, 9.17) is 5.73 Å². The van der Waals surface area contributed by atoms with Gasteiger partial charge in [0.2, 0.25) is 0 Å². The highest BCUT2D eigenvalue weighted by molar-refractivity contribution is 5.83. The van der Waals surface area contributed by atoms with Gasteiger partial charge in [-0.05, 0) is 24.5 Å². The van der Waals surface area contributed by atoms with Gasteiger partial charge in [0.25, 0.3) is 0 Å². The summed E-state index contributed by atoms with van der Waals surface area (Å²) < 4.78 is 0. The molecule has 0 unspecified atom stereocenters. The van der Waals surface area contributed by atoms with Crippen molar-refractivity contribution in [1.29, 1.82) is 0 Å². The largest absolute Gasteiger partial charge is 0.361 e. The minimum absolute atomic E-state index is 0.0964. The Morgan fingerprint density at radius 1 is 1.40 bits per heavy atom. The van der Waals surface area contributed by atoms with Crippen LogP contribution in [0.1, 0.15) is 24.4 Å². The molecule has 0 amide bonds. The molecule has 2 aromatic rings. The Morgan fingerprint density at radius 2 is 2.20 bits per heavy atom. The highest BCUT2D eigenvalue weighted by Crippen LogP contribution is 2.25. The topological polar surface area (TPSA) is 41.8 Å². The van der Waals surface area contributed by atoms with Crippen molar-refractivity contribution in [3.63, 3.8) is 0 Å². The third-order valence-electron chi connectivity index (χ3n) is 2.70. The van der Waals surface area contributed by atoms with E-state index in [1.54, 1.807) is 0 Å². The number of H-pyrrole nitrogens is 1. The second-order valence-corrected chi connectivity index (χ2v) is 3.76. The van der Waals surface area contributed by atoms with Crippen LogP contribution in [0.5, 0.6) is 0 Å². The van der Waals surface area contributed by atoms with E-state index in [2.05, 4.69) is 23.7 Å². The van der Waals surface area contributed by atoms with Crippen molar-refractivity contribution < 1.29 is 0 Å². The van der Waals surface area contributed by atoms with Gasteiger partial charge in [-0.3, -0.25) is 0 Å². The van der Waals surface area contributed by atoms with Gasteiger partial charge in [0.15, 0.2) is 0 Å².